The van der Waals surface area contributed by atoms with Gasteiger partial charge >= 0.3 is 0 Å². The summed E-state index contributed by atoms with van der Waals surface area (Å²) in [6.45, 7) is 2.14. The largest absolute Gasteiger partial charge is 0.298 e. The average molecular weight is 150 g/mol. The molecule has 0 saturated carbocycles. The van der Waals surface area contributed by atoms with Crippen LogP contribution in [0, 0.1) is 0 Å². The molecule has 0 heterocycles. The van der Waals surface area contributed by atoms with Crippen molar-refractivity contribution in [3.05, 3.63) is 23.3 Å². The van der Waals surface area contributed by atoms with Gasteiger partial charge in [-0.25, -0.2) is 0 Å². The van der Waals surface area contributed by atoms with Crippen molar-refractivity contribution in [2.24, 2.45) is 0 Å². The molecule has 0 aromatic carbocycles. The quantitative estimate of drug-likeness (QED) is 0.565. The molecule has 0 N–H and O–H groups in total. The molecule has 0 saturated heterocycles. The minimum atomic E-state index is 0.940. The van der Waals surface area contributed by atoms with E-state index in [1.54, 1.807) is 0 Å². The predicted molar refractivity (Wildman–Crippen MR) is 46.4 cm³/mol. The van der Waals surface area contributed by atoms with Gasteiger partial charge in [-0.2, -0.15) is 0 Å². The zero-order chi connectivity index (χ0) is 8.10. The number of aldehydes is 1. The second kappa shape index (κ2) is 4.12. The molecule has 1 nitrogen and oxygen atoms in total. The van der Waals surface area contributed by atoms with E-state index in [1.165, 1.54) is 5.57 Å². The van der Waals surface area contributed by atoms with E-state index in [9.17, 15) is 4.79 Å². The highest BCUT2D eigenvalue weighted by molar-refractivity contribution is 5.76. The van der Waals surface area contributed by atoms with Crippen molar-refractivity contribution in [1.29, 1.82) is 0 Å². The van der Waals surface area contributed by atoms with Crippen LogP contribution in [0.2, 0.25) is 0 Å². The Kier molecular flexibility index (Phi) is 3.09. The number of hydrogen-bond acceptors (Lipinski definition) is 1. The maximum atomic E-state index is 10.6. The first-order valence-electron chi connectivity index (χ1n) is 4.22. The SMILES string of the molecule is CCCC1=C(C=O)CCC=C1. The summed E-state index contributed by atoms with van der Waals surface area (Å²) in [5.41, 5.74) is 2.25. The van der Waals surface area contributed by atoms with E-state index < -0.39 is 0 Å². The van der Waals surface area contributed by atoms with Crippen LogP contribution in [0.1, 0.15) is 32.6 Å². The Morgan fingerprint density at radius 3 is 3.09 bits per heavy atom. The van der Waals surface area contributed by atoms with E-state index in [0.717, 1.165) is 37.5 Å². The van der Waals surface area contributed by atoms with E-state index in [1.807, 2.05) is 0 Å². The van der Waals surface area contributed by atoms with Gasteiger partial charge in [0.25, 0.3) is 0 Å². The van der Waals surface area contributed by atoms with Crippen LogP contribution in [0.25, 0.3) is 0 Å². The second-order valence-corrected chi connectivity index (χ2v) is 2.86. The molecule has 0 bridgehead atoms. The normalized spacial score (nSPS) is 17.2. The third-order valence-electron chi connectivity index (χ3n) is 1.97. The molecule has 1 rings (SSSR count). The van der Waals surface area contributed by atoms with Crippen LogP contribution in [-0.2, 0) is 4.79 Å². The van der Waals surface area contributed by atoms with Crippen LogP contribution < -0.4 is 0 Å². The molecule has 0 unspecified atom stereocenters. The summed E-state index contributed by atoms with van der Waals surface area (Å²) in [7, 11) is 0. The van der Waals surface area contributed by atoms with Gasteiger partial charge in [-0.05, 0) is 30.4 Å². The molecular formula is C10H14O. The van der Waals surface area contributed by atoms with Gasteiger partial charge in [0.05, 0.1) is 0 Å². The van der Waals surface area contributed by atoms with Crippen molar-refractivity contribution in [2.45, 2.75) is 32.6 Å². The number of hydrogen-bond donors (Lipinski definition) is 0. The van der Waals surface area contributed by atoms with Crippen molar-refractivity contribution in [3.63, 3.8) is 0 Å². The van der Waals surface area contributed by atoms with Crippen LogP contribution in [0.4, 0.5) is 0 Å². The topological polar surface area (TPSA) is 17.1 Å². The lowest BCUT2D eigenvalue weighted by Gasteiger charge is -2.09. The highest BCUT2D eigenvalue weighted by Gasteiger charge is 2.05. The summed E-state index contributed by atoms with van der Waals surface area (Å²) in [5, 5.41) is 0. The van der Waals surface area contributed by atoms with Gasteiger partial charge in [0, 0.05) is 0 Å². The van der Waals surface area contributed by atoms with Crippen LogP contribution in [0.15, 0.2) is 23.3 Å². The second-order valence-electron chi connectivity index (χ2n) is 2.86. The summed E-state index contributed by atoms with van der Waals surface area (Å²) in [6.07, 6.45) is 9.39. The summed E-state index contributed by atoms with van der Waals surface area (Å²) in [6, 6.07) is 0. The van der Waals surface area contributed by atoms with Gasteiger partial charge in [-0.1, -0.05) is 25.5 Å². The molecule has 0 aromatic heterocycles. The van der Waals surface area contributed by atoms with Gasteiger partial charge in [0.15, 0.2) is 0 Å². The van der Waals surface area contributed by atoms with Crippen molar-refractivity contribution < 1.29 is 4.79 Å². The number of carbonyl (C=O) groups excluding carboxylic acids is 1. The van der Waals surface area contributed by atoms with Crippen LogP contribution >= 0.6 is 0 Å². The van der Waals surface area contributed by atoms with Gasteiger partial charge in [-0.3, -0.25) is 4.79 Å². The molecule has 0 amide bonds. The Morgan fingerprint density at radius 1 is 1.64 bits per heavy atom. The van der Waals surface area contributed by atoms with Crippen molar-refractivity contribution in [1.82, 2.24) is 0 Å². The first-order chi connectivity index (χ1) is 5.38. The number of carbonyl (C=O) groups is 1. The van der Waals surface area contributed by atoms with E-state index in [2.05, 4.69) is 19.1 Å². The predicted octanol–water partition coefficient (Wildman–Crippen LogP) is 2.63. The minimum Gasteiger partial charge on any atom is -0.298 e. The Labute approximate surface area is 67.8 Å². The zero-order valence-electron chi connectivity index (χ0n) is 6.97. The van der Waals surface area contributed by atoms with Gasteiger partial charge < -0.3 is 0 Å². The summed E-state index contributed by atoms with van der Waals surface area (Å²) in [4.78, 5) is 10.6. The molecule has 0 aromatic rings. The zero-order valence-corrected chi connectivity index (χ0v) is 6.97. The molecule has 1 aliphatic carbocycles. The maximum Gasteiger partial charge on any atom is 0.146 e. The summed E-state index contributed by atoms with van der Waals surface area (Å²) in [5.74, 6) is 0. The fourth-order valence-corrected chi connectivity index (χ4v) is 1.38. The summed E-state index contributed by atoms with van der Waals surface area (Å²) < 4.78 is 0. The molecule has 11 heavy (non-hydrogen) atoms. The highest BCUT2D eigenvalue weighted by Crippen LogP contribution is 2.20. The van der Waals surface area contributed by atoms with Gasteiger partial charge in [0.1, 0.15) is 6.29 Å². The monoisotopic (exact) mass is 150 g/mol. The molecule has 0 aliphatic heterocycles. The Morgan fingerprint density at radius 2 is 2.45 bits per heavy atom. The number of rotatable bonds is 3. The fraction of sp³-hybridized carbons (Fsp3) is 0.500. The van der Waals surface area contributed by atoms with Crippen LogP contribution in [-0.4, -0.2) is 6.29 Å². The third-order valence-corrected chi connectivity index (χ3v) is 1.97. The van der Waals surface area contributed by atoms with Crippen molar-refractivity contribution >= 4 is 6.29 Å². The van der Waals surface area contributed by atoms with Gasteiger partial charge in [0.2, 0.25) is 0 Å². The highest BCUT2D eigenvalue weighted by atomic mass is 16.1. The van der Waals surface area contributed by atoms with Crippen LogP contribution in [0.5, 0.6) is 0 Å². The maximum absolute atomic E-state index is 10.6. The molecule has 60 valence electrons. The van der Waals surface area contributed by atoms with E-state index in [-0.39, 0.29) is 0 Å². The van der Waals surface area contributed by atoms with Gasteiger partial charge in [-0.15, -0.1) is 0 Å². The molecule has 0 spiro atoms. The standard InChI is InChI=1S/C10H14O/c1-2-5-9-6-3-4-7-10(9)8-11/h3,6,8H,2,4-5,7H2,1H3. The molecule has 0 radical (unpaired) electrons. The third kappa shape index (κ3) is 2.04. The Bertz CT molecular complexity index is 199. The minimum absolute atomic E-state index is 0.940. The first kappa shape index (κ1) is 8.25. The van der Waals surface area contributed by atoms with E-state index >= 15 is 0 Å². The molecule has 0 atom stereocenters. The molecule has 1 aliphatic rings. The molecular weight excluding hydrogens is 136 g/mol. The fourth-order valence-electron chi connectivity index (χ4n) is 1.38. The van der Waals surface area contributed by atoms with E-state index in [4.69, 9.17) is 0 Å². The van der Waals surface area contributed by atoms with Crippen molar-refractivity contribution in [3.8, 4) is 0 Å². The van der Waals surface area contributed by atoms with Crippen molar-refractivity contribution in [2.75, 3.05) is 0 Å². The molecule has 1 heteroatoms. The van der Waals surface area contributed by atoms with Crippen LogP contribution in [0.3, 0.4) is 0 Å². The lowest BCUT2D eigenvalue weighted by atomic mass is 9.96. The Balaban J connectivity index is 2.73. The lowest BCUT2D eigenvalue weighted by Crippen LogP contribution is -1.95. The smallest absolute Gasteiger partial charge is 0.146 e. The summed E-state index contributed by atoms with van der Waals surface area (Å²) >= 11 is 0. The number of allylic oxidation sites excluding steroid dienone is 4. The average Bonchev–Trinajstić information content (AvgIpc) is 2.06. The lowest BCUT2D eigenvalue weighted by molar-refractivity contribution is -0.105. The molecule has 0 fully saturated rings. The first-order valence-corrected chi connectivity index (χ1v) is 4.22. The Hall–Kier alpha value is -0.850. The van der Waals surface area contributed by atoms with E-state index in [0.29, 0.717) is 0 Å².